The van der Waals surface area contributed by atoms with Crippen LogP contribution in [-0.4, -0.2) is 16.5 Å². The Balaban J connectivity index is 2.58. The molecule has 1 heterocycles. The minimum atomic E-state index is 0.291. The molecule has 0 saturated heterocycles. The highest BCUT2D eigenvalue weighted by Crippen LogP contribution is 2.28. The first-order valence-electron chi connectivity index (χ1n) is 6.91. The van der Waals surface area contributed by atoms with Gasteiger partial charge in [0, 0.05) is 28.6 Å². The highest BCUT2D eigenvalue weighted by molar-refractivity contribution is 6.30. The van der Waals surface area contributed by atoms with Crippen LogP contribution in [0.2, 0.25) is 5.02 Å². The lowest BCUT2D eigenvalue weighted by Gasteiger charge is -2.15. The third-order valence-corrected chi connectivity index (χ3v) is 3.39. The molecule has 0 spiro atoms. The molecule has 0 aliphatic heterocycles. The fourth-order valence-corrected chi connectivity index (χ4v) is 2.15. The van der Waals surface area contributed by atoms with E-state index >= 15 is 0 Å². The Morgan fingerprint density at radius 3 is 2.35 bits per heavy atom. The minimum absolute atomic E-state index is 0.291. The third kappa shape index (κ3) is 3.10. The molecule has 0 aliphatic carbocycles. The van der Waals surface area contributed by atoms with Crippen LogP contribution in [0.15, 0.2) is 24.3 Å². The summed E-state index contributed by atoms with van der Waals surface area (Å²) in [5.74, 6) is 2.06. The summed E-state index contributed by atoms with van der Waals surface area (Å²) in [6.07, 6.45) is 0. The van der Waals surface area contributed by atoms with Crippen molar-refractivity contribution in [2.75, 3.05) is 11.9 Å². The smallest absolute Gasteiger partial charge is 0.133 e. The highest BCUT2D eigenvalue weighted by Gasteiger charge is 2.14. The molecule has 0 unspecified atom stereocenters. The van der Waals surface area contributed by atoms with Gasteiger partial charge in [-0.2, -0.15) is 0 Å². The number of nitrogens with zero attached hydrogens (tertiary/aromatic N) is 2. The summed E-state index contributed by atoms with van der Waals surface area (Å²) in [5.41, 5.74) is 3.10. The summed E-state index contributed by atoms with van der Waals surface area (Å²) in [7, 11) is 0. The van der Waals surface area contributed by atoms with E-state index in [9.17, 15) is 0 Å². The Hall–Kier alpha value is -1.61. The first-order valence-corrected chi connectivity index (χ1v) is 7.29. The molecular formula is C16H20ClN3. The second-order valence-corrected chi connectivity index (χ2v) is 5.53. The molecule has 4 heteroatoms. The minimum Gasteiger partial charge on any atom is -0.370 e. The van der Waals surface area contributed by atoms with Crippen molar-refractivity contribution in [3.05, 3.63) is 40.7 Å². The van der Waals surface area contributed by atoms with Gasteiger partial charge in [-0.25, -0.2) is 9.97 Å². The number of nitrogens with one attached hydrogen (secondary N) is 1. The van der Waals surface area contributed by atoms with Gasteiger partial charge in [0.2, 0.25) is 0 Å². The molecule has 0 atom stereocenters. The van der Waals surface area contributed by atoms with Crippen LogP contribution in [0, 0.1) is 6.92 Å². The standard InChI is InChI=1S/C16H20ClN3/c1-5-18-16-11(4)14(19-15(20-16)10(2)3)12-6-8-13(17)9-7-12/h6-10H,5H2,1-4H3,(H,18,19,20). The van der Waals surface area contributed by atoms with Crippen molar-refractivity contribution in [1.82, 2.24) is 9.97 Å². The van der Waals surface area contributed by atoms with Gasteiger partial charge in [-0.15, -0.1) is 0 Å². The SMILES string of the molecule is CCNc1nc(C(C)C)nc(-c2ccc(Cl)cc2)c1C. The number of aromatic nitrogens is 2. The lowest BCUT2D eigenvalue weighted by atomic mass is 10.1. The summed E-state index contributed by atoms with van der Waals surface area (Å²) in [4.78, 5) is 9.34. The van der Waals surface area contributed by atoms with Crippen LogP contribution in [0.1, 0.15) is 38.1 Å². The highest BCUT2D eigenvalue weighted by atomic mass is 35.5. The van der Waals surface area contributed by atoms with Crippen LogP contribution >= 0.6 is 11.6 Å². The molecular weight excluding hydrogens is 270 g/mol. The lowest BCUT2D eigenvalue weighted by Crippen LogP contribution is -2.08. The molecule has 0 saturated carbocycles. The zero-order valence-corrected chi connectivity index (χ0v) is 13.1. The molecule has 1 aromatic heterocycles. The predicted octanol–water partition coefficient (Wildman–Crippen LogP) is 4.66. The Morgan fingerprint density at radius 2 is 1.80 bits per heavy atom. The van der Waals surface area contributed by atoms with E-state index in [1.165, 1.54) is 0 Å². The largest absolute Gasteiger partial charge is 0.370 e. The van der Waals surface area contributed by atoms with Crippen molar-refractivity contribution >= 4 is 17.4 Å². The van der Waals surface area contributed by atoms with E-state index in [0.29, 0.717) is 5.92 Å². The molecule has 106 valence electrons. The van der Waals surface area contributed by atoms with Gasteiger partial charge in [-0.3, -0.25) is 0 Å². The third-order valence-electron chi connectivity index (χ3n) is 3.14. The number of rotatable bonds is 4. The molecule has 0 aliphatic rings. The summed E-state index contributed by atoms with van der Waals surface area (Å²) in [6, 6.07) is 7.77. The van der Waals surface area contributed by atoms with Gasteiger partial charge >= 0.3 is 0 Å². The zero-order chi connectivity index (χ0) is 14.7. The summed E-state index contributed by atoms with van der Waals surface area (Å²) < 4.78 is 0. The van der Waals surface area contributed by atoms with Gasteiger partial charge in [0.25, 0.3) is 0 Å². The van der Waals surface area contributed by atoms with Crippen molar-refractivity contribution < 1.29 is 0 Å². The monoisotopic (exact) mass is 289 g/mol. The zero-order valence-electron chi connectivity index (χ0n) is 12.4. The first-order chi connectivity index (χ1) is 9.52. The van der Waals surface area contributed by atoms with Crippen LogP contribution in [0.5, 0.6) is 0 Å². The maximum absolute atomic E-state index is 5.96. The number of benzene rings is 1. The van der Waals surface area contributed by atoms with Crippen molar-refractivity contribution in [2.24, 2.45) is 0 Å². The van der Waals surface area contributed by atoms with E-state index in [-0.39, 0.29) is 0 Å². The molecule has 0 amide bonds. The molecule has 1 N–H and O–H groups in total. The van der Waals surface area contributed by atoms with Gasteiger partial charge in [-0.05, 0) is 26.0 Å². The van der Waals surface area contributed by atoms with Crippen LogP contribution < -0.4 is 5.32 Å². The van der Waals surface area contributed by atoms with E-state index in [2.05, 4.69) is 31.1 Å². The topological polar surface area (TPSA) is 37.8 Å². The van der Waals surface area contributed by atoms with Crippen LogP contribution in [0.3, 0.4) is 0 Å². The molecule has 1 aromatic carbocycles. The second kappa shape index (κ2) is 6.23. The van der Waals surface area contributed by atoms with Crippen molar-refractivity contribution in [3.63, 3.8) is 0 Å². The van der Waals surface area contributed by atoms with E-state index in [1.807, 2.05) is 31.2 Å². The average molecular weight is 290 g/mol. The van der Waals surface area contributed by atoms with Crippen LogP contribution in [-0.2, 0) is 0 Å². The van der Waals surface area contributed by atoms with Gasteiger partial charge < -0.3 is 5.32 Å². The molecule has 3 nitrogen and oxygen atoms in total. The van der Waals surface area contributed by atoms with E-state index < -0.39 is 0 Å². The quantitative estimate of drug-likeness (QED) is 0.889. The average Bonchev–Trinajstić information content (AvgIpc) is 2.42. The fraction of sp³-hybridized carbons (Fsp3) is 0.375. The molecule has 20 heavy (non-hydrogen) atoms. The van der Waals surface area contributed by atoms with Gasteiger partial charge in [0.05, 0.1) is 5.69 Å². The molecule has 0 bridgehead atoms. The van der Waals surface area contributed by atoms with E-state index in [1.54, 1.807) is 0 Å². The maximum Gasteiger partial charge on any atom is 0.133 e. The first kappa shape index (κ1) is 14.8. The lowest BCUT2D eigenvalue weighted by molar-refractivity contribution is 0.774. The number of halogens is 1. The Morgan fingerprint density at radius 1 is 1.15 bits per heavy atom. The van der Waals surface area contributed by atoms with Crippen LogP contribution in [0.25, 0.3) is 11.3 Å². The molecule has 0 fully saturated rings. The van der Waals surface area contributed by atoms with E-state index in [0.717, 1.165) is 40.0 Å². The van der Waals surface area contributed by atoms with Crippen molar-refractivity contribution in [1.29, 1.82) is 0 Å². The van der Waals surface area contributed by atoms with Crippen molar-refractivity contribution in [2.45, 2.75) is 33.6 Å². The van der Waals surface area contributed by atoms with Gasteiger partial charge in [0.1, 0.15) is 11.6 Å². The Kier molecular flexibility index (Phi) is 4.61. The Labute approximate surface area is 125 Å². The second-order valence-electron chi connectivity index (χ2n) is 5.10. The number of hydrogen-bond acceptors (Lipinski definition) is 3. The predicted molar refractivity (Wildman–Crippen MR) is 85.5 cm³/mol. The summed E-state index contributed by atoms with van der Waals surface area (Å²) in [6.45, 7) is 9.16. The van der Waals surface area contributed by atoms with Gasteiger partial charge in [-0.1, -0.05) is 37.6 Å². The molecule has 0 radical (unpaired) electrons. The van der Waals surface area contributed by atoms with Crippen molar-refractivity contribution in [3.8, 4) is 11.3 Å². The fourth-order valence-electron chi connectivity index (χ4n) is 2.02. The summed E-state index contributed by atoms with van der Waals surface area (Å²) in [5, 5.41) is 4.05. The Bertz CT molecular complexity index is 591. The normalized spacial score (nSPS) is 10.9. The molecule has 2 rings (SSSR count). The van der Waals surface area contributed by atoms with Gasteiger partial charge in [0.15, 0.2) is 0 Å². The van der Waals surface area contributed by atoms with Crippen LogP contribution in [0.4, 0.5) is 5.82 Å². The molecule has 2 aromatic rings. The van der Waals surface area contributed by atoms with E-state index in [4.69, 9.17) is 16.6 Å². The number of hydrogen-bond donors (Lipinski definition) is 1. The maximum atomic E-state index is 5.96. The summed E-state index contributed by atoms with van der Waals surface area (Å²) >= 11 is 5.96. The number of anilines is 1.